The summed E-state index contributed by atoms with van der Waals surface area (Å²) in [6.07, 6.45) is 0.604. The van der Waals surface area contributed by atoms with Crippen molar-refractivity contribution in [1.82, 2.24) is 10.1 Å². The van der Waals surface area contributed by atoms with Crippen LogP contribution in [-0.4, -0.2) is 17.3 Å². The van der Waals surface area contributed by atoms with E-state index in [1.807, 2.05) is 37.3 Å². The molecule has 0 radical (unpaired) electrons. The van der Waals surface area contributed by atoms with Gasteiger partial charge < -0.3 is 13.7 Å². The van der Waals surface area contributed by atoms with Crippen molar-refractivity contribution < 1.29 is 13.7 Å². The number of ether oxygens (including phenoxy) is 1. The molecule has 0 atom stereocenters. The normalized spacial score (nSPS) is 11.2. The monoisotopic (exact) mass is 334 g/mol. The molecule has 25 heavy (non-hydrogen) atoms. The molecular formula is C20H18N2O3. The highest BCUT2D eigenvalue weighted by molar-refractivity contribution is 5.87. The van der Waals surface area contributed by atoms with Gasteiger partial charge in [-0.15, -0.1) is 0 Å². The third-order valence-electron chi connectivity index (χ3n) is 4.42. The number of hydrogen-bond acceptors (Lipinski definition) is 5. The molecule has 0 saturated heterocycles. The van der Waals surface area contributed by atoms with Crippen LogP contribution in [0.5, 0.6) is 5.75 Å². The molecule has 0 aliphatic carbocycles. The lowest BCUT2D eigenvalue weighted by Crippen LogP contribution is -1.91. The SMILES string of the molecule is COc1ccc2oc(-c3noc(Cc4ccccc4C)n3)c(C)c2c1. The quantitative estimate of drug-likeness (QED) is 0.541. The van der Waals surface area contributed by atoms with Crippen molar-refractivity contribution in [2.24, 2.45) is 0 Å². The highest BCUT2D eigenvalue weighted by Crippen LogP contribution is 2.33. The van der Waals surface area contributed by atoms with Crippen molar-refractivity contribution in [3.63, 3.8) is 0 Å². The molecule has 0 fully saturated rings. The molecule has 0 saturated carbocycles. The second kappa shape index (κ2) is 6.09. The smallest absolute Gasteiger partial charge is 0.238 e. The summed E-state index contributed by atoms with van der Waals surface area (Å²) in [7, 11) is 1.65. The van der Waals surface area contributed by atoms with Crippen LogP contribution in [0.3, 0.4) is 0 Å². The lowest BCUT2D eigenvalue weighted by Gasteiger charge is -2.00. The van der Waals surface area contributed by atoms with E-state index in [1.165, 1.54) is 11.1 Å². The number of aryl methyl sites for hydroxylation is 2. The van der Waals surface area contributed by atoms with Crippen molar-refractivity contribution in [2.75, 3.05) is 7.11 Å². The van der Waals surface area contributed by atoms with Crippen molar-refractivity contribution >= 4 is 11.0 Å². The van der Waals surface area contributed by atoms with Crippen LogP contribution in [0.15, 0.2) is 51.4 Å². The zero-order valence-corrected chi connectivity index (χ0v) is 14.4. The average Bonchev–Trinajstić information content (AvgIpc) is 3.21. The summed E-state index contributed by atoms with van der Waals surface area (Å²) in [5.41, 5.74) is 4.12. The minimum Gasteiger partial charge on any atom is -0.497 e. The van der Waals surface area contributed by atoms with Crippen LogP contribution in [0.25, 0.3) is 22.6 Å². The second-order valence-corrected chi connectivity index (χ2v) is 6.03. The fourth-order valence-electron chi connectivity index (χ4n) is 2.93. The number of rotatable bonds is 4. The topological polar surface area (TPSA) is 61.3 Å². The van der Waals surface area contributed by atoms with Crippen LogP contribution in [0, 0.1) is 13.8 Å². The van der Waals surface area contributed by atoms with Crippen molar-refractivity contribution in [3.8, 4) is 17.3 Å². The first-order valence-corrected chi connectivity index (χ1v) is 8.10. The Balaban J connectivity index is 1.69. The van der Waals surface area contributed by atoms with E-state index >= 15 is 0 Å². The van der Waals surface area contributed by atoms with Crippen LogP contribution >= 0.6 is 0 Å². The fourth-order valence-corrected chi connectivity index (χ4v) is 2.93. The molecule has 0 bridgehead atoms. The first kappa shape index (κ1) is 15.4. The molecule has 0 spiro atoms. The van der Waals surface area contributed by atoms with E-state index in [9.17, 15) is 0 Å². The molecule has 5 nitrogen and oxygen atoms in total. The van der Waals surface area contributed by atoms with Crippen LogP contribution in [0.1, 0.15) is 22.6 Å². The number of nitrogens with zero attached hydrogens (tertiary/aromatic N) is 2. The molecule has 4 aromatic rings. The van der Waals surface area contributed by atoms with Gasteiger partial charge in [-0.3, -0.25) is 0 Å². The molecule has 0 aliphatic heterocycles. The molecule has 2 heterocycles. The number of methoxy groups -OCH3 is 1. The van der Waals surface area contributed by atoms with Gasteiger partial charge in [0.2, 0.25) is 11.7 Å². The summed E-state index contributed by atoms with van der Waals surface area (Å²) >= 11 is 0. The summed E-state index contributed by atoms with van der Waals surface area (Å²) in [6.45, 7) is 4.06. The molecule has 0 N–H and O–H groups in total. The zero-order chi connectivity index (χ0) is 17.4. The molecular weight excluding hydrogens is 316 g/mol. The Hall–Kier alpha value is -3.08. The van der Waals surface area contributed by atoms with Gasteiger partial charge in [-0.05, 0) is 43.2 Å². The largest absolute Gasteiger partial charge is 0.497 e. The Morgan fingerprint density at radius 2 is 1.92 bits per heavy atom. The van der Waals surface area contributed by atoms with Gasteiger partial charge >= 0.3 is 0 Å². The maximum absolute atomic E-state index is 5.93. The van der Waals surface area contributed by atoms with Gasteiger partial charge in [-0.25, -0.2) is 0 Å². The van der Waals surface area contributed by atoms with E-state index in [2.05, 4.69) is 29.2 Å². The molecule has 0 unspecified atom stereocenters. The standard InChI is InChI=1S/C20H18N2O3/c1-12-6-4-5-7-14(12)10-18-21-20(22-25-18)19-13(2)16-11-15(23-3)8-9-17(16)24-19/h4-9,11H,10H2,1-3H3. The molecule has 0 aliphatic rings. The van der Waals surface area contributed by atoms with Gasteiger partial charge in [0, 0.05) is 10.9 Å². The lowest BCUT2D eigenvalue weighted by atomic mass is 10.1. The van der Waals surface area contributed by atoms with E-state index in [4.69, 9.17) is 13.7 Å². The molecule has 5 heteroatoms. The maximum atomic E-state index is 5.93. The van der Waals surface area contributed by atoms with Crippen molar-refractivity contribution in [2.45, 2.75) is 20.3 Å². The van der Waals surface area contributed by atoms with Crippen LogP contribution in [-0.2, 0) is 6.42 Å². The summed E-state index contributed by atoms with van der Waals surface area (Å²) in [5.74, 6) is 2.46. The van der Waals surface area contributed by atoms with Gasteiger partial charge in [0.15, 0.2) is 5.76 Å². The van der Waals surface area contributed by atoms with Crippen LogP contribution in [0.4, 0.5) is 0 Å². The minimum absolute atomic E-state index is 0.469. The minimum atomic E-state index is 0.469. The predicted molar refractivity (Wildman–Crippen MR) is 94.8 cm³/mol. The Labute approximate surface area is 145 Å². The van der Waals surface area contributed by atoms with Crippen LogP contribution < -0.4 is 4.74 Å². The summed E-state index contributed by atoms with van der Waals surface area (Å²) in [6, 6.07) is 13.9. The average molecular weight is 334 g/mol. The van der Waals surface area contributed by atoms with Crippen molar-refractivity contribution in [1.29, 1.82) is 0 Å². The number of furan rings is 1. The molecule has 126 valence electrons. The Kier molecular flexibility index (Phi) is 3.76. The van der Waals surface area contributed by atoms with Gasteiger partial charge in [0.05, 0.1) is 13.5 Å². The first-order chi connectivity index (χ1) is 12.2. The summed E-state index contributed by atoms with van der Waals surface area (Å²) in [5, 5.41) is 5.09. The highest BCUT2D eigenvalue weighted by Gasteiger charge is 2.18. The Morgan fingerprint density at radius 1 is 1.08 bits per heavy atom. The number of aromatic nitrogens is 2. The van der Waals surface area contributed by atoms with Crippen molar-refractivity contribution in [3.05, 3.63) is 65.0 Å². The van der Waals surface area contributed by atoms with E-state index in [1.54, 1.807) is 7.11 Å². The van der Waals surface area contributed by atoms with E-state index < -0.39 is 0 Å². The molecule has 4 rings (SSSR count). The molecule has 2 aromatic carbocycles. The number of fused-ring (bicyclic) bond motifs is 1. The van der Waals surface area contributed by atoms with Gasteiger partial charge in [0.1, 0.15) is 11.3 Å². The van der Waals surface area contributed by atoms with E-state index in [0.29, 0.717) is 23.9 Å². The fraction of sp³-hybridized carbons (Fsp3) is 0.200. The Bertz CT molecular complexity index is 1050. The zero-order valence-electron chi connectivity index (χ0n) is 14.4. The number of hydrogen-bond donors (Lipinski definition) is 0. The Morgan fingerprint density at radius 3 is 2.72 bits per heavy atom. The first-order valence-electron chi connectivity index (χ1n) is 8.10. The molecule has 2 aromatic heterocycles. The van der Waals surface area contributed by atoms with E-state index in [-0.39, 0.29) is 0 Å². The molecule has 0 amide bonds. The number of benzene rings is 2. The van der Waals surface area contributed by atoms with Gasteiger partial charge in [-0.2, -0.15) is 4.98 Å². The summed E-state index contributed by atoms with van der Waals surface area (Å²) < 4.78 is 16.6. The summed E-state index contributed by atoms with van der Waals surface area (Å²) in [4.78, 5) is 4.51. The third-order valence-corrected chi connectivity index (χ3v) is 4.42. The third kappa shape index (κ3) is 2.78. The van der Waals surface area contributed by atoms with Gasteiger partial charge in [0.25, 0.3) is 0 Å². The highest BCUT2D eigenvalue weighted by atomic mass is 16.5. The predicted octanol–water partition coefficient (Wildman–Crippen LogP) is 4.70. The van der Waals surface area contributed by atoms with Crippen LogP contribution in [0.2, 0.25) is 0 Å². The lowest BCUT2D eigenvalue weighted by molar-refractivity contribution is 0.384. The van der Waals surface area contributed by atoms with Gasteiger partial charge in [-0.1, -0.05) is 29.4 Å². The second-order valence-electron chi connectivity index (χ2n) is 6.03. The van der Waals surface area contributed by atoms with E-state index in [0.717, 1.165) is 22.3 Å². The maximum Gasteiger partial charge on any atom is 0.238 e.